The summed E-state index contributed by atoms with van der Waals surface area (Å²) in [7, 11) is 0. The molecule has 2 aliphatic heterocycles. The number of fused-ring (bicyclic) bond motifs is 1. The summed E-state index contributed by atoms with van der Waals surface area (Å²) in [6.07, 6.45) is 4.95. The van der Waals surface area contributed by atoms with E-state index < -0.39 is 11.5 Å². The fraction of sp³-hybridized carbons (Fsp3) is 0.929. The van der Waals surface area contributed by atoms with E-state index in [1.807, 2.05) is 13.8 Å². The second-order valence-corrected chi connectivity index (χ2v) is 6.11. The van der Waals surface area contributed by atoms with Crippen LogP contribution in [0, 0.1) is 0 Å². The molecule has 2 heterocycles. The zero-order chi connectivity index (χ0) is 13.3. The topological polar surface area (TPSA) is 43.8 Å². The van der Waals surface area contributed by atoms with E-state index in [9.17, 15) is 9.90 Å². The lowest BCUT2D eigenvalue weighted by molar-refractivity contribution is -0.151. The van der Waals surface area contributed by atoms with Crippen molar-refractivity contribution >= 4 is 5.97 Å². The Morgan fingerprint density at radius 3 is 2.67 bits per heavy atom. The van der Waals surface area contributed by atoms with Crippen molar-refractivity contribution in [2.45, 2.75) is 64.1 Å². The summed E-state index contributed by atoms with van der Waals surface area (Å²) < 4.78 is 0. The van der Waals surface area contributed by atoms with E-state index in [2.05, 4.69) is 16.7 Å². The highest BCUT2D eigenvalue weighted by Crippen LogP contribution is 2.33. The van der Waals surface area contributed by atoms with Crippen LogP contribution in [0.15, 0.2) is 0 Å². The molecule has 2 rings (SSSR count). The maximum Gasteiger partial charge on any atom is 0.323 e. The van der Waals surface area contributed by atoms with Gasteiger partial charge < -0.3 is 5.11 Å². The molecule has 4 nitrogen and oxygen atoms in total. The molecule has 2 unspecified atom stereocenters. The molecule has 2 fully saturated rings. The molecule has 0 saturated carbocycles. The van der Waals surface area contributed by atoms with Gasteiger partial charge in [-0.15, -0.1) is 0 Å². The molecule has 0 radical (unpaired) electrons. The Kier molecular flexibility index (Phi) is 3.97. The van der Waals surface area contributed by atoms with Gasteiger partial charge >= 0.3 is 5.97 Å². The summed E-state index contributed by atoms with van der Waals surface area (Å²) in [6.45, 7) is 8.91. The highest BCUT2D eigenvalue weighted by molar-refractivity contribution is 5.77. The van der Waals surface area contributed by atoms with Crippen LogP contribution >= 0.6 is 0 Å². The number of piperidine rings is 1. The van der Waals surface area contributed by atoms with Crippen LogP contribution in [-0.2, 0) is 4.79 Å². The van der Waals surface area contributed by atoms with Crippen LogP contribution in [-0.4, -0.2) is 58.1 Å². The summed E-state index contributed by atoms with van der Waals surface area (Å²) in [4.78, 5) is 16.2. The lowest BCUT2D eigenvalue weighted by Gasteiger charge is -2.43. The minimum absolute atomic E-state index is 0.418. The standard InChI is InChI=1S/C14H26N2O2/c1-4-16(14(2,3)13(17)18)12-8-10-15-9-6-5-7-11(12)15/h11-12H,4-10H2,1-3H3,(H,17,18). The lowest BCUT2D eigenvalue weighted by atomic mass is 9.93. The fourth-order valence-electron chi connectivity index (χ4n) is 3.75. The third-order valence-corrected chi connectivity index (χ3v) is 4.80. The predicted molar refractivity (Wildman–Crippen MR) is 71.7 cm³/mol. The average Bonchev–Trinajstić information content (AvgIpc) is 2.74. The first-order chi connectivity index (χ1) is 8.48. The van der Waals surface area contributed by atoms with Gasteiger partial charge in [-0.3, -0.25) is 14.6 Å². The van der Waals surface area contributed by atoms with Crippen molar-refractivity contribution in [2.75, 3.05) is 19.6 Å². The molecular weight excluding hydrogens is 228 g/mol. The minimum atomic E-state index is -0.757. The summed E-state index contributed by atoms with van der Waals surface area (Å²) in [5.41, 5.74) is -0.757. The van der Waals surface area contributed by atoms with Crippen LogP contribution in [0.3, 0.4) is 0 Å². The van der Waals surface area contributed by atoms with E-state index in [0.29, 0.717) is 12.1 Å². The number of nitrogens with zero attached hydrogens (tertiary/aromatic N) is 2. The van der Waals surface area contributed by atoms with Gasteiger partial charge in [-0.1, -0.05) is 13.3 Å². The van der Waals surface area contributed by atoms with Gasteiger partial charge in [-0.25, -0.2) is 0 Å². The lowest BCUT2D eigenvalue weighted by Crippen LogP contribution is -2.58. The van der Waals surface area contributed by atoms with Crippen LogP contribution in [0.1, 0.15) is 46.5 Å². The molecule has 104 valence electrons. The minimum Gasteiger partial charge on any atom is -0.480 e. The Balaban J connectivity index is 2.15. The molecule has 2 aliphatic rings. The summed E-state index contributed by atoms with van der Waals surface area (Å²) in [5.74, 6) is -0.710. The van der Waals surface area contributed by atoms with Crippen molar-refractivity contribution in [3.63, 3.8) is 0 Å². The maximum atomic E-state index is 11.5. The molecule has 0 aromatic heterocycles. The van der Waals surface area contributed by atoms with Crippen molar-refractivity contribution in [1.29, 1.82) is 0 Å². The van der Waals surface area contributed by atoms with E-state index in [-0.39, 0.29) is 0 Å². The van der Waals surface area contributed by atoms with E-state index >= 15 is 0 Å². The largest absolute Gasteiger partial charge is 0.480 e. The van der Waals surface area contributed by atoms with Gasteiger partial charge in [0.1, 0.15) is 5.54 Å². The number of carboxylic acids is 1. The third-order valence-electron chi connectivity index (χ3n) is 4.80. The Bertz CT molecular complexity index is 317. The van der Waals surface area contributed by atoms with Gasteiger partial charge in [0.05, 0.1) is 0 Å². The van der Waals surface area contributed by atoms with Crippen molar-refractivity contribution in [1.82, 2.24) is 9.80 Å². The molecule has 2 atom stereocenters. The van der Waals surface area contributed by atoms with Gasteiger partial charge in [0.25, 0.3) is 0 Å². The first-order valence-electron chi connectivity index (χ1n) is 7.22. The Morgan fingerprint density at radius 2 is 2.06 bits per heavy atom. The summed E-state index contributed by atoms with van der Waals surface area (Å²) in [6, 6.07) is 0.999. The molecule has 0 spiro atoms. The monoisotopic (exact) mass is 254 g/mol. The van der Waals surface area contributed by atoms with Crippen LogP contribution < -0.4 is 0 Å². The summed E-state index contributed by atoms with van der Waals surface area (Å²) >= 11 is 0. The molecule has 18 heavy (non-hydrogen) atoms. The van der Waals surface area contributed by atoms with E-state index in [4.69, 9.17) is 0 Å². The van der Waals surface area contributed by atoms with Gasteiger partial charge in [0, 0.05) is 18.6 Å². The normalized spacial score (nSPS) is 29.6. The highest BCUT2D eigenvalue weighted by atomic mass is 16.4. The number of carboxylic acid groups (broad SMARTS) is 1. The maximum absolute atomic E-state index is 11.5. The number of rotatable bonds is 4. The Labute approximate surface area is 110 Å². The summed E-state index contributed by atoms with van der Waals surface area (Å²) in [5, 5.41) is 9.44. The zero-order valence-corrected chi connectivity index (χ0v) is 11.9. The number of carbonyl (C=O) groups is 1. The smallest absolute Gasteiger partial charge is 0.323 e. The average molecular weight is 254 g/mol. The van der Waals surface area contributed by atoms with Gasteiger partial charge in [0.2, 0.25) is 0 Å². The highest BCUT2D eigenvalue weighted by Gasteiger charge is 2.45. The Morgan fingerprint density at radius 1 is 1.33 bits per heavy atom. The molecule has 0 bridgehead atoms. The van der Waals surface area contributed by atoms with Crippen LogP contribution in [0.25, 0.3) is 0 Å². The van der Waals surface area contributed by atoms with E-state index in [1.54, 1.807) is 0 Å². The van der Waals surface area contributed by atoms with Gasteiger partial charge in [0.15, 0.2) is 0 Å². The number of hydrogen-bond acceptors (Lipinski definition) is 3. The molecule has 0 amide bonds. The van der Waals surface area contributed by atoms with Gasteiger partial charge in [-0.2, -0.15) is 0 Å². The molecular formula is C14H26N2O2. The molecule has 4 heteroatoms. The second kappa shape index (κ2) is 5.17. The zero-order valence-electron chi connectivity index (χ0n) is 11.9. The van der Waals surface area contributed by atoms with E-state index in [1.165, 1.54) is 25.8 Å². The van der Waals surface area contributed by atoms with E-state index in [0.717, 1.165) is 19.5 Å². The molecule has 2 saturated heterocycles. The number of likely N-dealkylation sites (N-methyl/N-ethyl adjacent to an activating group) is 1. The van der Waals surface area contributed by atoms with Crippen LogP contribution in [0.2, 0.25) is 0 Å². The van der Waals surface area contributed by atoms with Crippen LogP contribution in [0.4, 0.5) is 0 Å². The van der Waals surface area contributed by atoms with Crippen molar-refractivity contribution < 1.29 is 9.90 Å². The fourth-order valence-corrected chi connectivity index (χ4v) is 3.75. The van der Waals surface area contributed by atoms with Crippen LogP contribution in [0.5, 0.6) is 0 Å². The van der Waals surface area contributed by atoms with Crippen molar-refractivity contribution in [3.05, 3.63) is 0 Å². The molecule has 0 aromatic carbocycles. The quantitative estimate of drug-likeness (QED) is 0.831. The first-order valence-corrected chi connectivity index (χ1v) is 7.22. The molecule has 0 aliphatic carbocycles. The SMILES string of the molecule is CCN(C1CCN2CCCCC12)C(C)(C)C(=O)O. The Hall–Kier alpha value is -0.610. The molecule has 1 N–H and O–H groups in total. The third kappa shape index (κ3) is 2.28. The number of hydrogen-bond donors (Lipinski definition) is 1. The number of aliphatic carboxylic acids is 1. The van der Waals surface area contributed by atoms with Crippen molar-refractivity contribution in [2.24, 2.45) is 0 Å². The van der Waals surface area contributed by atoms with Gasteiger partial charge in [-0.05, 0) is 46.2 Å². The molecule has 0 aromatic rings. The predicted octanol–water partition coefficient (Wildman–Crippen LogP) is 1.80. The second-order valence-electron chi connectivity index (χ2n) is 6.11. The van der Waals surface area contributed by atoms with Crippen molar-refractivity contribution in [3.8, 4) is 0 Å². The first kappa shape index (κ1) is 13.8.